The summed E-state index contributed by atoms with van der Waals surface area (Å²) in [5.74, 6) is 0.827. The maximum absolute atomic E-state index is 4.54. The number of hydrogen-bond donors (Lipinski definition) is 2. The molecule has 0 aliphatic heterocycles. The van der Waals surface area contributed by atoms with Gasteiger partial charge in [-0.05, 0) is 44.4 Å². The van der Waals surface area contributed by atoms with Gasteiger partial charge >= 0.3 is 0 Å². The first-order chi connectivity index (χ1) is 12.0. The van der Waals surface area contributed by atoms with Crippen molar-refractivity contribution >= 4 is 23.0 Å². The molecule has 0 atom stereocenters. The van der Waals surface area contributed by atoms with Crippen molar-refractivity contribution < 1.29 is 0 Å². The first-order valence-corrected chi connectivity index (χ1v) is 9.45. The number of benzene rings is 1. The normalized spacial score (nSPS) is 11.5. The van der Waals surface area contributed by atoms with Crippen molar-refractivity contribution in [3.05, 3.63) is 45.4 Å². The highest BCUT2D eigenvalue weighted by Gasteiger charge is 2.04. The van der Waals surface area contributed by atoms with Crippen molar-refractivity contribution in [3.63, 3.8) is 0 Å². The Morgan fingerprint density at radius 1 is 1.16 bits per heavy atom. The molecule has 0 aliphatic rings. The third-order valence-electron chi connectivity index (χ3n) is 4.09. The smallest absolute Gasteiger partial charge is 0.191 e. The molecule has 0 saturated carbocycles. The molecule has 2 aromatic rings. The molecule has 1 aromatic heterocycles. The van der Waals surface area contributed by atoms with Crippen LogP contribution in [0.2, 0.25) is 0 Å². The molecule has 1 heterocycles. The Bertz CT molecular complexity index is 669. The number of aryl methyl sites for hydroxylation is 3. The second-order valence-electron chi connectivity index (χ2n) is 6.27. The van der Waals surface area contributed by atoms with Crippen LogP contribution in [-0.4, -0.2) is 38.6 Å². The summed E-state index contributed by atoms with van der Waals surface area (Å²) < 4.78 is 0. The van der Waals surface area contributed by atoms with Crippen LogP contribution in [0.4, 0.5) is 5.69 Å². The molecular formula is C19H29N5S. The van der Waals surface area contributed by atoms with E-state index in [0.29, 0.717) is 6.54 Å². The van der Waals surface area contributed by atoms with Crippen LogP contribution in [0.3, 0.4) is 0 Å². The van der Waals surface area contributed by atoms with Gasteiger partial charge in [-0.3, -0.25) is 4.99 Å². The lowest BCUT2D eigenvalue weighted by Crippen LogP contribution is -2.37. The summed E-state index contributed by atoms with van der Waals surface area (Å²) in [5.41, 5.74) is 3.72. The number of rotatable bonds is 7. The van der Waals surface area contributed by atoms with E-state index >= 15 is 0 Å². The van der Waals surface area contributed by atoms with E-state index in [0.717, 1.165) is 36.0 Å². The van der Waals surface area contributed by atoms with Gasteiger partial charge in [-0.15, -0.1) is 11.3 Å². The van der Waals surface area contributed by atoms with Crippen molar-refractivity contribution in [2.24, 2.45) is 4.99 Å². The van der Waals surface area contributed by atoms with Gasteiger partial charge in [0, 0.05) is 38.3 Å². The number of aromatic nitrogens is 1. The van der Waals surface area contributed by atoms with Crippen LogP contribution in [0, 0.1) is 13.8 Å². The second kappa shape index (κ2) is 9.42. The zero-order valence-corrected chi connectivity index (χ0v) is 16.7. The average molecular weight is 360 g/mol. The molecule has 0 fully saturated rings. The van der Waals surface area contributed by atoms with E-state index in [4.69, 9.17) is 0 Å². The Morgan fingerprint density at radius 3 is 2.44 bits per heavy atom. The maximum Gasteiger partial charge on any atom is 0.191 e. The van der Waals surface area contributed by atoms with E-state index in [2.05, 4.69) is 70.8 Å². The molecule has 25 heavy (non-hydrogen) atoms. The second-order valence-corrected chi connectivity index (χ2v) is 7.55. The van der Waals surface area contributed by atoms with Crippen LogP contribution < -0.4 is 15.5 Å². The molecule has 0 spiro atoms. The molecule has 0 unspecified atom stereocenters. The van der Waals surface area contributed by atoms with Crippen LogP contribution in [0.1, 0.15) is 27.6 Å². The molecule has 136 valence electrons. The Kier molecular flexibility index (Phi) is 7.25. The highest BCUT2D eigenvalue weighted by molar-refractivity contribution is 7.11. The van der Waals surface area contributed by atoms with Crippen molar-refractivity contribution in [3.8, 4) is 0 Å². The van der Waals surface area contributed by atoms with Crippen LogP contribution in [0.5, 0.6) is 0 Å². The average Bonchev–Trinajstić information content (AvgIpc) is 2.92. The predicted octanol–water partition coefficient (Wildman–Crippen LogP) is 3.12. The quantitative estimate of drug-likeness (QED) is 0.453. The molecule has 0 saturated heterocycles. The number of aliphatic imine (C=N–C) groups is 1. The molecule has 0 radical (unpaired) electrons. The fraction of sp³-hybridized carbons (Fsp3) is 0.474. The number of nitrogens with zero attached hydrogens (tertiary/aromatic N) is 3. The third kappa shape index (κ3) is 6.05. The molecule has 2 N–H and O–H groups in total. The van der Waals surface area contributed by atoms with Gasteiger partial charge in [-0.2, -0.15) is 0 Å². The van der Waals surface area contributed by atoms with Gasteiger partial charge < -0.3 is 15.5 Å². The van der Waals surface area contributed by atoms with Gasteiger partial charge in [0.25, 0.3) is 0 Å². The van der Waals surface area contributed by atoms with E-state index in [9.17, 15) is 0 Å². The lowest BCUT2D eigenvalue weighted by Gasteiger charge is -2.13. The largest absolute Gasteiger partial charge is 0.378 e. The standard InChI is InChI=1S/C19H29N5S/c1-14-15(2)25-18(23-14)13-22-19(20-3)21-12-6-7-16-8-10-17(11-9-16)24(4)5/h8-11H,6-7,12-13H2,1-5H3,(H2,20,21,22). The number of thiazole rings is 1. The molecule has 0 aliphatic carbocycles. The van der Waals surface area contributed by atoms with Crippen LogP contribution in [0.25, 0.3) is 0 Å². The van der Waals surface area contributed by atoms with E-state index in [-0.39, 0.29) is 0 Å². The third-order valence-corrected chi connectivity index (χ3v) is 5.16. The van der Waals surface area contributed by atoms with Crippen molar-refractivity contribution in [1.29, 1.82) is 0 Å². The van der Waals surface area contributed by atoms with E-state index in [1.807, 2.05) is 6.92 Å². The van der Waals surface area contributed by atoms with E-state index < -0.39 is 0 Å². The minimum absolute atomic E-state index is 0.713. The predicted molar refractivity (Wildman–Crippen MR) is 109 cm³/mol. The summed E-state index contributed by atoms with van der Waals surface area (Å²) in [6.45, 7) is 5.76. The highest BCUT2D eigenvalue weighted by atomic mass is 32.1. The molecule has 1 aromatic carbocycles. The zero-order valence-electron chi connectivity index (χ0n) is 15.9. The van der Waals surface area contributed by atoms with E-state index in [1.54, 1.807) is 18.4 Å². The number of guanidine groups is 1. The minimum Gasteiger partial charge on any atom is -0.378 e. The first kappa shape index (κ1) is 19.2. The Morgan fingerprint density at radius 2 is 1.88 bits per heavy atom. The first-order valence-electron chi connectivity index (χ1n) is 8.63. The fourth-order valence-corrected chi connectivity index (χ4v) is 3.33. The summed E-state index contributed by atoms with van der Waals surface area (Å²) in [6, 6.07) is 8.74. The van der Waals surface area contributed by atoms with Crippen molar-refractivity contribution in [2.45, 2.75) is 33.2 Å². The van der Waals surface area contributed by atoms with E-state index in [1.165, 1.54) is 16.1 Å². The summed E-state index contributed by atoms with van der Waals surface area (Å²) >= 11 is 1.74. The van der Waals surface area contributed by atoms with Crippen LogP contribution in [0.15, 0.2) is 29.3 Å². The molecule has 2 rings (SSSR count). The van der Waals surface area contributed by atoms with Crippen LogP contribution >= 0.6 is 11.3 Å². The van der Waals surface area contributed by atoms with Gasteiger partial charge in [0.2, 0.25) is 0 Å². The molecule has 5 nitrogen and oxygen atoms in total. The Balaban J connectivity index is 1.70. The number of nitrogens with one attached hydrogen (secondary N) is 2. The van der Waals surface area contributed by atoms with Gasteiger partial charge in [-0.1, -0.05) is 12.1 Å². The zero-order chi connectivity index (χ0) is 18.2. The summed E-state index contributed by atoms with van der Waals surface area (Å²) in [6.07, 6.45) is 2.13. The maximum atomic E-state index is 4.54. The Labute approximate surface area is 155 Å². The monoisotopic (exact) mass is 359 g/mol. The van der Waals surface area contributed by atoms with Crippen molar-refractivity contribution in [1.82, 2.24) is 15.6 Å². The molecule has 0 amide bonds. The lowest BCUT2D eigenvalue weighted by molar-refractivity contribution is 0.740. The molecule has 0 bridgehead atoms. The fourth-order valence-electron chi connectivity index (χ4n) is 2.45. The Hall–Kier alpha value is -2.08. The molecule has 6 heteroatoms. The topological polar surface area (TPSA) is 52.6 Å². The number of anilines is 1. The van der Waals surface area contributed by atoms with Crippen molar-refractivity contribution in [2.75, 3.05) is 32.6 Å². The summed E-state index contributed by atoms with van der Waals surface area (Å²) in [5, 5.41) is 7.79. The van der Waals surface area contributed by atoms with Gasteiger partial charge in [-0.25, -0.2) is 4.98 Å². The summed E-state index contributed by atoms with van der Waals surface area (Å²) in [4.78, 5) is 12.2. The van der Waals surface area contributed by atoms with Gasteiger partial charge in [0.1, 0.15) is 5.01 Å². The summed E-state index contributed by atoms with van der Waals surface area (Å²) in [7, 11) is 5.92. The number of hydrogen-bond acceptors (Lipinski definition) is 4. The highest BCUT2D eigenvalue weighted by Crippen LogP contribution is 2.16. The lowest BCUT2D eigenvalue weighted by atomic mass is 10.1. The van der Waals surface area contributed by atoms with Gasteiger partial charge in [0.05, 0.1) is 12.2 Å². The SMILES string of the molecule is CN=C(NCCCc1ccc(N(C)C)cc1)NCc1nc(C)c(C)s1. The molecular weight excluding hydrogens is 330 g/mol. The van der Waals surface area contributed by atoms with Crippen LogP contribution in [-0.2, 0) is 13.0 Å². The van der Waals surface area contributed by atoms with Gasteiger partial charge in [0.15, 0.2) is 5.96 Å². The minimum atomic E-state index is 0.713.